The highest BCUT2D eigenvalue weighted by atomic mass is 16.1. The van der Waals surface area contributed by atoms with Crippen molar-refractivity contribution < 1.29 is 4.79 Å². The van der Waals surface area contributed by atoms with Crippen molar-refractivity contribution in [1.29, 1.82) is 0 Å². The molecular weight excluding hydrogens is 240 g/mol. The molecule has 1 fully saturated rings. The molecule has 2 aromatic rings. The van der Waals surface area contributed by atoms with Crippen molar-refractivity contribution in [2.75, 3.05) is 0 Å². The molecule has 5 heteroatoms. The van der Waals surface area contributed by atoms with Gasteiger partial charge in [0.1, 0.15) is 5.82 Å². The van der Waals surface area contributed by atoms with Gasteiger partial charge in [-0.1, -0.05) is 18.2 Å². The first-order valence-corrected chi connectivity index (χ1v) is 6.50. The van der Waals surface area contributed by atoms with E-state index in [4.69, 9.17) is 0 Å². The van der Waals surface area contributed by atoms with Crippen molar-refractivity contribution >= 4 is 5.91 Å². The molecule has 0 spiro atoms. The summed E-state index contributed by atoms with van der Waals surface area (Å²) in [5.74, 6) is 2.24. The number of benzene rings is 1. The molecule has 0 saturated heterocycles. The van der Waals surface area contributed by atoms with Crippen LogP contribution in [0.5, 0.6) is 0 Å². The van der Waals surface area contributed by atoms with Crippen LogP contribution in [-0.4, -0.2) is 20.7 Å². The zero-order chi connectivity index (χ0) is 13.2. The summed E-state index contributed by atoms with van der Waals surface area (Å²) in [6.07, 6.45) is 2.34. The van der Waals surface area contributed by atoms with Crippen LogP contribution in [0.25, 0.3) is 5.69 Å². The molecule has 0 bridgehead atoms. The second-order valence-electron chi connectivity index (χ2n) is 4.83. The Morgan fingerprint density at radius 3 is 2.68 bits per heavy atom. The average Bonchev–Trinajstić information content (AvgIpc) is 3.17. The maximum atomic E-state index is 11.0. The van der Waals surface area contributed by atoms with Gasteiger partial charge in [-0.05, 0) is 25.0 Å². The lowest BCUT2D eigenvalue weighted by molar-refractivity contribution is -0.119. The summed E-state index contributed by atoms with van der Waals surface area (Å²) in [7, 11) is 0. The Morgan fingerprint density at radius 1 is 1.32 bits per heavy atom. The van der Waals surface area contributed by atoms with E-state index >= 15 is 0 Å². The summed E-state index contributed by atoms with van der Waals surface area (Å²) < 4.78 is 2.06. The first kappa shape index (κ1) is 11.9. The van der Waals surface area contributed by atoms with Crippen LogP contribution < -0.4 is 5.32 Å². The molecule has 0 aliphatic heterocycles. The van der Waals surface area contributed by atoms with Gasteiger partial charge in [0.25, 0.3) is 0 Å². The van der Waals surface area contributed by atoms with Gasteiger partial charge in [-0.2, -0.15) is 0 Å². The average molecular weight is 256 g/mol. The molecule has 1 aromatic carbocycles. The third-order valence-electron chi connectivity index (χ3n) is 3.21. The highest BCUT2D eigenvalue weighted by Crippen LogP contribution is 2.40. The van der Waals surface area contributed by atoms with E-state index in [-0.39, 0.29) is 5.91 Å². The minimum atomic E-state index is -0.0596. The number of carbonyl (C=O) groups excluding carboxylic acids is 1. The molecule has 19 heavy (non-hydrogen) atoms. The minimum absolute atomic E-state index is 0.0596. The molecule has 1 saturated carbocycles. The molecule has 1 N–H and O–H groups in total. The number of aromatic nitrogens is 3. The lowest BCUT2D eigenvalue weighted by atomic mass is 10.3. The van der Waals surface area contributed by atoms with Gasteiger partial charge in [0, 0.05) is 18.5 Å². The molecular formula is C14H16N4O. The quantitative estimate of drug-likeness (QED) is 0.907. The Hall–Kier alpha value is -2.17. The smallest absolute Gasteiger partial charge is 0.217 e. The van der Waals surface area contributed by atoms with E-state index in [0.717, 1.165) is 17.3 Å². The largest absolute Gasteiger partial charge is 0.349 e. The molecule has 0 unspecified atom stereocenters. The third-order valence-corrected chi connectivity index (χ3v) is 3.21. The molecule has 1 amide bonds. The highest BCUT2D eigenvalue weighted by molar-refractivity contribution is 5.72. The second kappa shape index (κ2) is 4.84. The molecule has 1 aromatic heterocycles. The molecule has 5 nitrogen and oxygen atoms in total. The summed E-state index contributed by atoms with van der Waals surface area (Å²) in [6.45, 7) is 1.91. The molecule has 3 rings (SSSR count). The molecule has 0 atom stereocenters. The SMILES string of the molecule is CC(=O)NCc1nnc(C2CC2)n1-c1ccccc1. The second-order valence-corrected chi connectivity index (χ2v) is 4.83. The maximum absolute atomic E-state index is 11.0. The number of para-hydroxylation sites is 1. The van der Waals surface area contributed by atoms with Crippen LogP contribution in [0.2, 0.25) is 0 Å². The Balaban J connectivity index is 1.98. The van der Waals surface area contributed by atoms with E-state index in [9.17, 15) is 4.79 Å². The fourth-order valence-electron chi connectivity index (χ4n) is 2.11. The van der Waals surface area contributed by atoms with Crippen LogP contribution in [0.4, 0.5) is 0 Å². The zero-order valence-electron chi connectivity index (χ0n) is 10.8. The molecule has 1 heterocycles. The predicted molar refractivity (Wildman–Crippen MR) is 70.9 cm³/mol. The van der Waals surface area contributed by atoms with Gasteiger partial charge in [-0.25, -0.2) is 0 Å². The number of hydrogen-bond acceptors (Lipinski definition) is 3. The summed E-state index contributed by atoms with van der Waals surface area (Å²) in [5.41, 5.74) is 1.05. The summed E-state index contributed by atoms with van der Waals surface area (Å²) in [6, 6.07) is 10.0. The predicted octanol–water partition coefficient (Wildman–Crippen LogP) is 1.78. The number of amides is 1. The Bertz CT molecular complexity index is 587. The monoisotopic (exact) mass is 256 g/mol. The van der Waals surface area contributed by atoms with E-state index in [1.165, 1.54) is 19.8 Å². The van der Waals surface area contributed by atoms with Crippen LogP contribution in [0.15, 0.2) is 30.3 Å². The summed E-state index contributed by atoms with van der Waals surface area (Å²) in [4.78, 5) is 11.0. The van der Waals surface area contributed by atoms with E-state index in [1.807, 2.05) is 30.3 Å². The van der Waals surface area contributed by atoms with Crippen LogP contribution in [0.3, 0.4) is 0 Å². The molecule has 1 aliphatic carbocycles. The zero-order valence-corrected chi connectivity index (χ0v) is 10.8. The van der Waals surface area contributed by atoms with Gasteiger partial charge in [-0.15, -0.1) is 10.2 Å². The van der Waals surface area contributed by atoms with Gasteiger partial charge in [-0.3, -0.25) is 9.36 Å². The number of rotatable bonds is 4. The number of carbonyl (C=O) groups is 1. The molecule has 98 valence electrons. The van der Waals surface area contributed by atoms with E-state index in [2.05, 4.69) is 20.1 Å². The van der Waals surface area contributed by atoms with Gasteiger partial charge in [0.15, 0.2) is 5.82 Å². The first-order chi connectivity index (χ1) is 9.25. The van der Waals surface area contributed by atoms with Crippen molar-refractivity contribution in [3.63, 3.8) is 0 Å². The fourth-order valence-corrected chi connectivity index (χ4v) is 2.11. The van der Waals surface area contributed by atoms with Gasteiger partial charge in [0.2, 0.25) is 5.91 Å². The first-order valence-electron chi connectivity index (χ1n) is 6.50. The fraction of sp³-hybridized carbons (Fsp3) is 0.357. The highest BCUT2D eigenvalue weighted by Gasteiger charge is 2.30. The Labute approximate surface area is 111 Å². The van der Waals surface area contributed by atoms with Crippen molar-refractivity contribution in [3.05, 3.63) is 42.0 Å². The van der Waals surface area contributed by atoms with Crippen LogP contribution >= 0.6 is 0 Å². The van der Waals surface area contributed by atoms with E-state index < -0.39 is 0 Å². The topological polar surface area (TPSA) is 59.8 Å². The van der Waals surface area contributed by atoms with Gasteiger partial charge < -0.3 is 5.32 Å². The standard InChI is InChI=1S/C14H16N4O/c1-10(19)15-9-13-16-17-14(11-7-8-11)18(13)12-5-3-2-4-6-12/h2-6,11H,7-9H2,1H3,(H,15,19). The van der Waals surface area contributed by atoms with Crippen molar-refractivity contribution in [2.24, 2.45) is 0 Å². The van der Waals surface area contributed by atoms with Crippen molar-refractivity contribution in [2.45, 2.75) is 32.2 Å². The van der Waals surface area contributed by atoms with E-state index in [1.54, 1.807) is 0 Å². The normalized spacial score (nSPS) is 14.4. The third kappa shape index (κ3) is 2.50. The number of nitrogens with zero attached hydrogens (tertiary/aromatic N) is 3. The van der Waals surface area contributed by atoms with Crippen LogP contribution in [0, 0.1) is 0 Å². The lowest BCUT2D eigenvalue weighted by Crippen LogP contribution is -2.21. The lowest BCUT2D eigenvalue weighted by Gasteiger charge is -2.10. The van der Waals surface area contributed by atoms with Crippen LogP contribution in [0.1, 0.15) is 37.3 Å². The minimum Gasteiger partial charge on any atom is -0.349 e. The van der Waals surface area contributed by atoms with E-state index in [0.29, 0.717) is 12.5 Å². The Morgan fingerprint density at radius 2 is 2.05 bits per heavy atom. The van der Waals surface area contributed by atoms with Crippen molar-refractivity contribution in [3.8, 4) is 5.69 Å². The summed E-state index contributed by atoms with van der Waals surface area (Å²) in [5, 5.41) is 11.3. The number of hydrogen-bond donors (Lipinski definition) is 1. The Kier molecular flexibility index (Phi) is 3.03. The number of nitrogens with one attached hydrogen (secondary N) is 1. The summed E-state index contributed by atoms with van der Waals surface area (Å²) >= 11 is 0. The maximum Gasteiger partial charge on any atom is 0.217 e. The van der Waals surface area contributed by atoms with Gasteiger partial charge >= 0.3 is 0 Å². The van der Waals surface area contributed by atoms with Gasteiger partial charge in [0.05, 0.1) is 6.54 Å². The molecule has 1 aliphatic rings. The molecule has 0 radical (unpaired) electrons. The van der Waals surface area contributed by atoms with Crippen LogP contribution in [-0.2, 0) is 11.3 Å². The van der Waals surface area contributed by atoms with Crippen molar-refractivity contribution in [1.82, 2.24) is 20.1 Å².